The van der Waals surface area contributed by atoms with E-state index in [1.54, 1.807) is 12.1 Å². The maximum absolute atomic E-state index is 13.9. The molecule has 0 saturated carbocycles. The van der Waals surface area contributed by atoms with E-state index in [0.29, 0.717) is 13.0 Å². The molecule has 2 aromatic rings. The lowest BCUT2D eigenvalue weighted by molar-refractivity contribution is -0.143. The Morgan fingerprint density at radius 2 is 1.80 bits per heavy atom. The highest BCUT2D eigenvalue weighted by atomic mass is 19.1. The number of benzene rings is 2. The van der Waals surface area contributed by atoms with Gasteiger partial charge in [0.2, 0.25) is 5.91 Å². The number of hydrogen-bond donors (Lipinski definition) is 1. The Morgan fingerprint density at radius 3 is 2.47 bits per heavy atom. The summed E-state index contributed by atoms with van der Waals surface area (Å²) in [5, 5.41) is 2.92. The Labute approximate surface area is 178 Å². The molecule has 2 amide bonds. The molecule has 0 aliphatic carbocycles. The first-order valence-corrected chi connectivity index (χ1v) is 10.5. The van der Waals surface area contributed by atoms with Gasteiger partial charge in [-0.05, 0) is 43.0 Å². The number of ether oxygens (including phenoxy) is 1. The standard InChI is InChI=1S/C24H31FN2O3/c1-4-6-15-26-24(29)21(5-2)27(16-19-12-8-7-11-18(19)3)23(28)17-30-22-14-10-9-13-20(22)25/h7-14,21H,4-6,15-17H2,1-3H3,(H,26,29). The Balaban J connectivity index is 2.20. The summed E-state index contributed by atoms with van der Waals surface area (Å²) in [4.78, 5) is 27.4. The summed E-state index contributed by atoms with van der Waals surface area (Å²) in [6, 6.07) is 13.1. The average Bonchev–Trinajstić information content (AvgIpc) is 2.74. The maximum atomic E-state index is 13.9. The smallest absolute Gasteiger partial charge is 0.261 e. The van der Waals surface area contributed by atoms with Crippen molar-refractivity contribution in [3.05, 3.63) is 65.5 Å². The molecule has 0 saturated heterocycles. The van der Waals surface area contributed by atoms with Gasteiger partial charge in [0.1, 0.15) is 6.04 Å². The van der Waals surface area contributed by atoms with E-state index in [1.165, 1.54) is 17.0 Å². The normalized spacial score (nSPS) is 11.6. The number of halogens is 1. The zero-order valence-electron chi connectivity index (χ0n) is 18.0. The largest absolute Gasteiger partial charge is 0.481 e. The van der Waals surface area contributed by atoms with Crippen molar-refractivity contribution in [1.29, 1.82) is 0 Å². The minimum absolute atomic E-state index is 0.0159. The number of aryl methyl sites for hydroxylation is 1. The van der Waals surface area contributed by atoms with Gasteiger partial charge in [0.25, 0.3) is 5.91 Å². The van der Waals surface area contributed by atoms with E-state index in [9.17, 15) is 14.0 Å². The van der Waals surface area contributed by atoms with E-state index in [-0.39, 0.29) is 30.7 Å². The predicted octanol–water partition coefficient (Wildman–Crippen LogP) is 4.24. The molecule has 6 heteroatoms. The van der Waals surface area contributed by atoms with Crippen molar-refractivity contribution in [1.82, 2.24) is 10.2 Å². The van der Waals surface area contributed by atoms with Crippen LogP contribution in [0.5, 0.6) is 5.75 Å². The monoisotopic (exact) mass is 414 g/mol. The summed E-state index contributed by atoms with van der Waals surface area (Å²) in [6.07, 6.45) is 2.32. The number of nitrogens with zero attached hydrogens (tertiary/aromatic N) is 1. The van der Waals surface area contributed by atoms with Gasteiger partial charge in [-0.1, -0.05) is 56.7 Å². The minimum atomic E-state index is -0.627. The van der Waals surface area contributed by atoms with Crippen LogP contribution < -0.4 is 10.1 Å². The molecule has 0 spiro atoms. The third-order valence-electron chi connectivity index (χ3n) is 5.01. The molecule has 5 nitrogen and oxygen atoms in total. The van der Waals surface area contributed by atoms with Gasteiger partial charge >= 0.3 is 0 Å². The number of carbonyl (C=O) groups excluding carboxylic acids is 2. The van der Waals surface area contributed by atoms with Crippen LogP contribution in [0.4, 0.5) is 4.39 Å². The van der Waals surface area contributed by atoms with Crippen LogP contribution >= 0.6 is 0 Å². The van der Waals surface area contributed by atoms with Gasteiger partial charge in [-0.15, -0.1) is 0 Å². The van der Waals surface area contributed by atoms with Crippen molar-refractivity contribution in [2.24, 2.45) is 0 Å². The van der Waals surface area contributed by atoms with E-state index in [4.69, 9.17) is 4.74 Å². The van der Waals surface area contributed by atoms with Crippen molar-refractivity contribution in [2.75, 3.05) is 13.2 Å². The lowest BCUT2D eigenvalue weighted by atomic mass is 10.1. The number of carbonyl (C=O) groups is 2. The summed E-state index contributed by atoms with van der Waals surface area (Å²) < 4.78 is 19.3. The summed E-state index contributed by atoms with van der Waals surface area (Å²) in [5.41, 5.74) is 1.99. The number of rotatable bonds is 11. The Hall–Kier alpha value is -2.89. The second-order valence-electron chi connectivity index (χ2n) is 7.24. The molecule has 162 valence electrons. The summed E-state index contributed by atoms with van der Waals surface area (Å²) in [5.74, 6) is -1.06. The highest BCUT2D eigenvalue weighted by Gasteiger charge is 2.29. The van der Waals surface area contributed by atoms with E-state index in [2.05, 4.69) is 12.2 Å². The first-order valence-electron chi connectivity index (χ1n) is 10.5. The third kappa shape index (κ3) is 6.58. The van der Waals surface area contributed by atoms with Gasteiger partial charge in [-0.25, -0.2) is 4.39 Å². The zero-order valence-corrected chi connectivity index (χ0v) is 18.0. The second kappa shape index (κ2) is 12.0. The Morgan fingerprint density at radius 1 is 1.10 bits per heavy atom. The molecule has 1 unspecified atom stereocenters. The molecule has 0 fully saturated rings. The molecule has 0 aliphatic rings. The molecule has 0 radical (unpaired) electrons. The van der Waals surface area contributed by atoms with E-state index >= 15 is 0 Å². The fourth-order valence-electron chi connectivity index (χ4n) is 3.18. The van der Waals surface area contributed by atoms with E-state index in [0.717, 1.165) is 24.0 Å². The fraction of sp³-hybridized carbons (Fsp3) is 0.417. The molecule has 1 N–H and O–H groups in total. The topological polar surface area (TPSA) is 58.6 Å². The number of hydrogen-bond acceptors (Lipinski definition) is 3. The SMILES string of the molecule is CCCCNC(=O)C(CC)N(Cc1ccccc1C)C(=O)COc1ccccc1F. The van der Waals surface area contributed by atoms with Crippen molar-refractivity contribution in [3.63, 3.8) is 0 Å². The quantitative estimate of drug-likeness (QED) is 0.560. The van der Waals surface area contributed by atoms with E-state index < -0.39 is 11.9 Å². The van der Waals surface area contributed by atoms with Gasteiger partial charge in [0, 0.05) is 13.1 Å². The second-order valence-corrected chi connectivity index (χ2v) is 7.24. The van der Waals surface area contributed by atoms with Gasteiger partial charge in [0.05, 0.1) is 0 Å². The van der Waals surface area contributed by atoms with Gasteiger partial charge in [-0.2, -0.15) is 0 Å². The maximum Gasteiger partial charge on any atom is 0.261 e. The number of nitrogens with one attached hydrogen (secondary N) is 1. The van der Waals surface area contributed by atoms with Gasteiger partial charge in [-0.3, -0.25) is 9.59 Å². The van der Waals surface area contributed by atoms with Crippen LogP contribution in [0.1, 0.15) is 44.2 Å². The van der Waals surface area contributed by atoms with Gasteiger partial charge in [0.15, 0.2) is 18.2 Å². The van der Waals surface area contributed by atoms with Crippen LogP contribution in [-0.4, -0.2) is 35.9 Å². The van der Waals surface area contributed by atoms with Crippen molar-refractivity contribution in [2.45, 2.75) is 52.6 Å². The first kappa shape index (κ1) is 23.4. The molecule has 2 rings (SSSR count). The first-order chi connectivity index (χ1) is 14.5. The zero-order chi connectivity index (χ0) is 21.9. The average molecular weight is 415 g/mol. The van der Waals surface area contributed by atoms with Gasteiger partial charge < -0.3 is 15.0 Å². The van der Waals surface area contributed by atoms with Crippen molar-refractivity contribution < 1.29 is 18.7 Å². The third-order valence-corrected chi connectivity index (χ3v) is 5.01. The fourth-order valence-corrected chi connectivity index (χ4v) is 3.18. The van der Waals surface area contributed by atoms with Crippen LogP contribution in [0.2, 0.25) is 0 Å². The predicted molar refractivity (Wildman–Crippen MR) is 116 cm³/mol. The molecular weight excluding hydrogens is 383 g/mol. The van der Waals surface area contributed by atoms with Crippen LogP contribution in [0.15, 0.2) is 48.5 Å². The van der Waals surface area contributed by atoms with Crippen LogP contribution in [0.3, 0.4) is 0 Å². The summed E-state index contributed by atoms with van der Waals surface area (Å²) in [6.45, 7) is 6.41. The molecular formula is C24H31FN2O3. The molecule has 30 heavy (non-hydrogen) atoms. The molecule has 2 aromatic carbocycles. The number of para-hydroxylation sites is 1. The van der Waals surface area contributed by atoms with Crippen LogP contribution in [0, 0.1) is 12.7 Å². The summed E-state index contributed by atoms with van der Waals surface area (Å²) in [7, 11) is 0. The van der Waals surface area contributed by atoms with Crippen molar-refractivity contribution >= 4 is 11.8 Å². The lowest BCUT2D eigenvalue weighted by Crippen LogP contribution is -2.50. The molecule has 0 aromatic heterocycles. The van der Waals surface area contributed by atoms with Crippen LogP contribution in [0.25, 0.3) is 0 Å². The Bertz CT molecular complexity index is 841. The number of unbranched alkanes of at least 4 members (excludes halogenated alkanes) is 1. The summed E-state index contributed by atoms with van der Waals surface area (Å²) >= 11 is 0. The van der Waals surface area contributed by atoms with Crippen molar-refractivity contribution in [3.8, 4) is 5.75 Å². The molecule has 0 aliphatic heterocycles. The van der Waals surface area contributed by atoms with E-state index in [1.807, 2.05) is 38.1 Å². The minimum Gasteiger partial charge on any atom is -0.481 e. The number of amides is 2. The highest BCUT2D eigenvalue weighted by molar-refractivity contribution is 5.88. The lowest BCUT2D eigenvalue weighted by Gasteiger charge is -2.31. The molecule has 0 bridgehead atoms. The molecule has 0 heterocycles. The van der Waals surface area contributed by atoms with Crippen LogP contribution in [-0.2, 0) is 16.1 Å². The Kier molecular flexibility index (Phi) is 9.32. The highest BCUT2D eigenvalue weighted by Crippen LogP contribution is 2.18. The molecule has 1 atom stereocenters.